The molecule has 2 aromatic rings. The van der Waals surface area contributed by atoms with Crippen LogP contribution in [0.1, 0.15) is 36.0 Å². The summed E-state index contributed by atoms with van der Waals surface area (Å²) in [5.74, 6) is -0.563. The van der Waals surface area contributed by atoms with Gasteiger partial charge in [0, 0.05) is 15.4 Å². The van der Waals surface area contributed by atoms with Crippen LogP contribution >= 0.6 is 11.3 Å². The van der Waals surface area contributed by atoms with E-state index in [0.717, 1.165) is 10.4 Å². The molecule has 0 unspecified atom stereocenters. The van der Waals surface area contributed by atoms with Crippen LogP contribution in [0, 0.1) is 13.8 Å². The molecule has 2 heterocycles. The Hall–Kier alpha value is -2.14. The molecule has 102 valence electrons. The molecule has 20 heavy (non-hydrogen) atoms. The number of nitrogens with two attached hydrogens (primary N) is 1. The number of benzene rings is 1. The summed E-state index contributed by atoms with van der Waals surface area (Å²) < 4.78 is 0. The van der Waals surface area contributed by atoms with Gasteiger partial charge >= 0.3 is 0 Å². The summed E-state index contributed by atoms with van der Waals surface area (Å²) in [5, 5.41) is 0. The minimum Gasteiger partial charge on any atom is -0.398 e. The normalized spacial score (nSPS) is 14.0. The summed E-state index contributed by atoms with van der Waals surface area (Å²) in [4.78, 5) is 28.3. The lowest BCUT2D eigenvalue weighted by Gasteiger charge is -2.13. The molecule has 3 rings (SSSR count). The molecule has 0 bridgehead atoms. The molecule has 4 nitrogen and oxygen atoms in total. The van der Waals surface area contributed by atoms with Crippen molar-refractivity contribution in [2.24, 2.45) is 0 Å². The lowest BCUT2D eigenvalue weighted by atomic mass is 10.1. The van der Waals surface area contributed by atoms with E-state index in [1.54, 1.807) is 29.5 Å². The van der Waals surface area contributed by atoms with Crippen molar-refractivity contribution in [2.45, 2.75) is 20.4 Å². The summed E-state index contributed by atoms with van der Waals surface area (Å²) in [6, 6.07) is 7.01. The summed E-state index contributed by atoms with van der Waals surface area (Å²) >= 11 is 1.67. The minimum absolute atomic E-state index is 0.263. The van der Waals surface area contributed by atoms with Crippen LogP contribution in [0.25, 0.3) is 0 Å². The number of imide groups is 1. The fourth-order valence-electron chi connectivity index (χ4n) is 2.51. The van der Waals surface area contributed by atoms with Crippen LogP contribution in [0.4, 0.5) is 5.69 Å². The van der Waals surface area contributed by atoms with E-state index in [0.29, 0.717) is 23.4 Å². The van der Waals surface area contributed by atoms with Gasteiger partial charge in [-0.05, 0) is 37.6 Å². The van der Waals surface area contributed by atoms with Crippen LogP contribution in [0.3, 0.4) is 0 Å². The van der Waals surface area contributed by atoms with E-state index in [9.17, 15) is 9.59 Å². The third-order valence-corrected chi connectivity index (χ3v) is 4.51. The highest BCUT2D eigenvalue weighted by Crippen LogP contribution is 2.30. The SMILES string of the molecule is Cc1cc(CN2C(=O)c3cccc(N)c3C2=O)c(C)s1. The van der Waals surface area contributed by atoms with Gasteiger partial charge in [0.25, 0.3) is 11.8 Å². The van der Waals surface area contributed by atoms with Gasteiger partial charge in [0.05, 0.1) is 17.7 Å². The summed E-state index contributed by atoms with van der Waals surface area (Å²) in [5.41, 5.74) is 7.93. The first-order chi connectivity index (χ1) is 9.49. The number of hydrogen-bond donors (Lipinski definition) is 1. The monoisotopic (exact) mass is 286 g/mol. The Kier molecular flexibility index (Phi) is 2.87. The fraction of sp³-hybridized carbons (Fsp3) is 0.200. The fourth-order valence-corrected chi connectivity index (χ4v) is 3.45. The number of hydrogen-bond acceptors (Lipinski definition) is 4. The Bertz CT molecular complexity index is 733. The number of amides is 2. The van der Waals surface area contributed by atoms with Gasteiger partial charge in [-0.2, -0.15) is 0 Å². The highest BCUT2D eigenvalue weighted by atomic mass is 32.1. The zero-order valence-corrected chi connectivity index (χ0v) is 12.1. The van der Waals surface area contributed by atoms with Gasteiger partial charge in [0.2, 0.25) is 0 Å². The van der Waals surface area contributed by atoms with E-state index >= 15 is 0 Å². The van der Waals surface area contributed by atoms with Crippen LogP contribution < -0.4 is 5.73 Å². The topological polar surface area (TPSA) is 63.4 Å². The highest BCUT2D eigenvalue weighted by molar-refractivity contribution is 7.12. The van der Waals surface area contributed by atoms with Crippen LogP contribution in [0.2, 0.25) is 0 Å². The summed E-state index contributed by atoms with van der Waals surface area (Å²) in [6.45, 7) is 4.32. The van der Waals surface area contributed by atoms with Crippen molar-refractivity contribution in [1.82, 2.24) is 4.90 Å². The predicted octanol–water partition coefficient (Wildman–Crippen LogP) is 2.74. The number of anilines is 1. The predicted molar refractivity (Wildman–Crippen MR) is 78.9 cm³/mol. The van der Waals surface area contributed by atoms with Gasteiger partial charge < -0.3 is 5.73 Å². The molecular weight excluding hydrogens is 272 g/mol. The highest BCUT2D eigenvalue weighted by Gasteiger charge is 2.37. The largest absolute Gasteiger partial charge is 0.398 e. The van der Waals surface area contributed by atoms with E-state index in [1.807, 2.05) is 19.9 Å². The number of nitrogens with zero attached hydrogens (tertiary/aromatic N) is 1. The Balaban J connectivity index is 1.98. The number of carbonyl (C=O) groups is 2. The molecule has 1 aromatic heterocycles. The Morgan fingerprint density at radius 1 is 1.20 bits per heavy atom. The second-order valence-electron chi connectivity index (χ2n) is 4.90. The van der Waals surface area contributed by atoms with Gasteiger partial charge in [0.1, 0.15) is 0 Å². The first kappa shape index (κ1) is 12.9. The van der Waals surface area contributed by atoms with Crippen molar-refractivity contribution in [1.29, 1.82) is 0 Å². The molecule has 0 radical (unpaired) electrons. The number of nitrogen functional groups attached to an aromatic ring is 1. The second kappa shape index (κ2) is 4.45. The van der Waals surface area contributed by atoms with E-state index in [1.165, 1.54) is 9.78 Å². The molecule has 1 aromatic carbocycles. The molecule has 1 aliphatic rings. The van der Waals surface area contributed by atoms with E-state index in [4.69, 9.17) is 5.73 Å². The van der Waals surface area contributed by atoms with Gasteiger partial charge in [-0.25, -0.2) is 0 Å². The first-order valence-corrected chi connectivity index (χ1v) is 7.11. The third-order valence-electron chi connectivity index (χ3n) is 3.50. The van der Waals surface area contributed by atoms with Crippen molar-refractivity contribution in [3.8, 4) is 0 Å². The third kappa shape index (κ3) is 1.82. The quantitative estimate of drug-likeness (QED) is 0.682. The Labute approximate surface area is 120 Å². The van der Waals surface area contributed by atoms with Crippen LogP contribution in [-0.4, -0.2) is 16.7 Å². The van der Waals surface area contributed by atoms with Gasteiger partial charge in [-0.3, -0.25) is 14.5 Å². The Morgan fingerprint density at radius 3 is 2.55 bits per heavy atom. The van der Waals surface area contributed by atoms with E-state index < -0.39 is 0 Å². The summed E-state index contributed by atoms with van der Waals surface area (Å²) in [6.07, 6.45) is 0. The zero-order chi connectivity index (χ0) is 14.4. The zero-order valence-electron chi connectivity index (χ0n) is 11.3. The standard InChI is InChI=1S/C15H14N2O2S/c1-8-6-10(9(2)20-8)7-17-14(18)11-4-3-5-12(16)13(11)15(17)19/h3-6H,7,16H2,1-2H3. The van der Waals surface area contributed by atoms with Crippen LogP contribution in [-0.2, 0) is 6.54 Å². The molecule has 0 saturated heterocycles. The van der Waals surface area contributed by atoms with Crippen LogP contribution in [0.5, 0.6) is 0 Å². The van der Waals surface area contributed by atoms with E-state index in [-0.39, 0.29) is 11.8 Å². The maximum Gasteiger partial charge on any atom is 0.263 e. The molecule has 0 atom stereocenters. The molecular formula is C15H14N2O2S. The molecule has 1 aliphatic heterocycles. The number of carbonyl (C=O) groups excluding carboxylic acids is 2. The summed E-state index contributed by atoms with van der Waals surface area (Å²) in [7, 11) is 0. The molecule has 0 fully saturated rings. The van der Waals surface area contributed by atoms with Gasteiger partial charge in [0.15, 0.2) is 0 Å². The number of thiophene rings is 1. The van der Waals surface area contributed by atoms with Crippen molar-refractivity contribution in [3.05, 3.63) is 50.7 Å². The maximum absolute atomic E-state index is 12.4. The molecule has 2 N–H and O–H groups in total. The molecule has 2 amide bonds. The van der Waals surface area contributed by atoms with Crippen molar-refractivity contribution >= 4 is 28.8 Å². The number of aryl methyl sites for hydroxylation is 2. The number of fused-ring (bicyclic) bond motifs is 1. The molecule has 5 heteroatoms. The first-order valence-electron chi connectivity index (χ1n) is 6.29. The van der Waals surface area contributed by atoms with E-state index in [2.05, 4.69) is 0 Å². The minimum atomic E-state index is -0.300. The smallest absolute Gasteiger partial charge is 0.263 e. The van der Waals surface area contributed by atoms with Crippen molar-refractivity contribution in [3.63, 3.8) is 0 Å². The average molecular weight is 286 g/mol. The average Bonchev–Trinajstić information content (AvgIpc) is 2.83. The van der Waals surface area contributed by atoms with Gasteiger partial charge in [-0.15, -0.1) is 11.3 Å². The van der Waals surface area contributed by atoms with Crippen LogP contribution in [0.15, 0.2) is 24.3 Å². The van der Waals surface area contributed by atoms with Crippen molar-refractivity contribution < 1.29 is 9.59 Å². The molecule has 0 spiro atoms. The molecule has 0 saturated carbocycles. The maximum atomic E-state index is 12.4. The van der Waals surface area contributed by atoms with Gasteiger partial charge in [-0.1, -0.05) is 6.07 Å². The lowest BCUT2D eigenvalue weighted by Crippen LogP contribution is -2.29. The van der Waals surface area contributed by atoms with Crippen molar-refractivity contribution in [2.75, 3.05) is 5.73 Å². The Morgan fingerprint density at radius 2 is 1.95 bits per heavy atom. The molecule has 0 aliphatic carbocycles. The number of rotatable bonds is 2. The second-order valence-corrected chi connectivity index (χ2v) is 6.37. The lowest BCUT2D eigenvalue weighted by molar-refractivity contribution is 0.0642.